The van der Waals surface area contributed by atoms with E-state index >= 15 is 0 Å². The minimum atomic E-state index is -1.74. The fraction of sp³-hybridized carbons (Fsp3) is 0.600. The van der Waals surface area contributed by atoms with Crippen LogP contribution >= 0.6 is 0 Å². The van der Waals surface area contributed by atoms with E-state index in [0.29, 0.717) is 18.6 Å². The van der Waals surface area contributed by atoms with Crippen molar-refractivity contribution in [3.63, 3.8) is 0 Å². The molecule has 0 radical (unpaired) electrons. The van der Waals surface area contributed by atoms with Crippen LogP contribution < -0.4 is 0 Å². The molecular formula is C10H11NO4. The Labute approximate surface area is 87.2 Å². The first-order chi connectivity index (χ1) is 7.21. The van der Waals surface area contributed by atoms with Crippen molar-refractivity contribution in [2.24, 2.45) is 0 Å². The van der Waals surface area contributed by atoms with Crippen LogP contribution in [0.25, 0.3) is 0 Å². The molecule has 0 aromatic carbocycles. The van der Waals surface area contributed by atoms with Crippen LogP contribution in [0.4, 0.5) is 0 Å². The van der Waals surface area contributed by atoms with Crippen molar-refractivity contribution >= 4 is 5.78 Å². The lowest BCUT2D eigenvalue weighted by atomic mass is 10.0. The third-order valence-corrected chi connectivity index (χ3v) is 2.28. The van der Waals surface area contributed by atoms with Gasteiger partial charge in [0, 0.05) is 12.8 Å². The van der Waals surface area contributed by atoms with E-state index in [-0.39, 0.29) is 18.1 Å². The molecule has 0 aromatic heterocycles. The standard InChI is InChI=1S/C10H11NO4/c1-2-13-10(6-11)14-8-5-3-4-7(12)9(8)15-10/h2-5H2,1H3. The number of carbonyl (C=O) groups is 1. The molecule has 1 aliphatic heterocycles. The number of carbonyl (C=O) groups excluding carboxylic acids is 1. The van der Waals surface area contributed by atoms with Gasteiger partial charge in [-0.05, 0) is 13.3 Å². The first-order valence-electron chi connectivity index (χ1n) is 4.90. The lowest BCUT2D eigenvalue weighted by Gasteiger charge is -2.19. The Morgan fingerprint density at radius 2 is 2.33 bits per heavy atom. The van der Waals surface area contributed by atoms with Crippen LogP contribution in [0.1, 0.15) is 26.2 Å². The van der Waals surface area contributed by atoms with Crippen LogP contribution in [-0.2, 0) is 19.0 Å². The van der Waals surface area contributed by atoms with Crippen LogP contribution in [0, 0.1) is 11.3 Å². The fourth-order valence-corrected chi connectivity index (χ4v) is 1.65. The summed E-state index contributed by atoms with van der Waals surface area (Å²) >= 11 is 0. The quantitative estimate of drug-likeness (QED) is 0.683. The second kappa shape index (κ2) is 3.55. The first kappa shape index (κ1) is 9.99. The van der Waals surface area contributed by atoms with Gasteiger partial charge in [0.1, 0.15) is 0 Å². The molecule has 5 heteroatoms. The number of nitriles is 1. The van der Waals surface area contributed by atoms with Crippen LogP contribution in [0.15, 0.2) is 11.5 Å². The number of rotatable bonds is 2. The van der Waals surface area contributed by atoms with Gasteiger partial charge in [0.05, 0.1) is 6.61 Å². The van der Waals surface area contributed by atoms with Gasteiger partial charge in [-0.1, -0.05) is 0 Å². The van der Waals surface area contributed by atoms with Gasteiger partial charge in [0.2, 0.25) is 11.5 Å². The van der Waals surface area contributed by atoms with E-state index < -0.39 is 5.97 Å². The van der Waals surface area contributed by atoms with Gasteiger partial charge in [-0.2, -0.15) is 5.26 Å². The number of ether oxygens (including phenoxy) is 3. The van der Waals surface area contributed by atoms with Crippen LogP contribution in [-0.4, -0.2) is 18.4 Å². The fourth-order valence-electron chi connectivity index (χ4n) is 1.65. The van der Waals surface area contributed by atoms with Crippen LogP contribution in [0.2, 0.25) is 0 Å². The van der Waals surface area contributed by atoms with Crippen molar-refractivity contribution < 1.29 is 19.0 Å². The third kappa shape index (κ3) is 1.57. The van der Waals surface area contributed by atoms with Crippen LogP contribution in [0.3, 0.4) is 0 Å². The number of hydrogen-bond acceptors (Lipinski definition) is 5. The lowest BCUT2D eigenvalue weighted by Crippen LogP contribution is -2.33. The van der Waals surface area contributed by atoms with E-state index in [0.717, 1.165) is 6.42 Å². The van der Waals surface area contributed by atoms with Gasteiger partial charge in [-0.15, -0.1) is 0 Å². The Kier molecular flexibility index (Phi) is 2.37. The summed E-state index contributed by atoms with van der Waals surface area (Å²) in [7, 11) is 0. The summed E-state index contributed by atoms with van der Waals surface area (Å²) in [6.07, 6.45) is 1.79. The molecule has 2 aliphatic rings. The number of nitrogens with zero attached hydrogens (tertiary/aromatic N) is 1. The van der Waals surface area contributed by atoms with Gasteiger partial charge in [0.15, 0.2) is 11.8 Å². The predicted molar refractivity (Wildman–Crippen MR) is 48.0 cm³/mol. The van der Waals surface area contributed by atoms with Crippen molar-refractivity contribution in [3.8, 4) is 6.07 Å². The summed E-state index contributed by atoms with van der Waals surface area (Å²) in [6.45, 7) is 2.01. The molecule has 80 valence electrons. The Balaban J connectivity index is 2.21. The Bertz CT molecular complexity index is 368. The maximum Gasteiger partial charge on any atom is 0.469 e. The Morgan fingerprint density at radius 1 is 1.53 bits per heavy atom. The Morgan fingerprint density at radius 3 is 2.93 bits per heavy atom. The van der Waals surface area contributed by atoms with E-state index in [9.17, 15) is 4.79 Å². The third-order valence-electron chi connectivity index (χ3n) is 2.28. The molecule has 0 aromatic rings. The lowest BCUT2D eigenvalue weighted by molar-refractivity contribution is -0.286. The van der Waals surface area contributed by atoms with Crippen molar-refractivity contribution in [2.75, 3.05) is 6.61 Å². The molecule has 2 rings (SSSR count). The molecule has 0 saturated heterocycles. The van der Waals surface area contributed by atoms with E-state index in [2.05, 4.69) is 0 Å². The molecule has 15 heavy (non-hydrogen) atoms. The van der Waals surface area contributed by atoms with Crippen molar-refractivity contribution in [2.45, 2.75) is 32.2 Å². The average molecular weight is 209 g/mol. The molecule has 0 N–H and O–H groups in total. The maximum absolute atomic E-state index is 11.5. The van der Waals surface area contributed by atoms with Gasteiger partial charge < -0.3 is 9.47 Å². The zero-order chi connectivity index (χ0) is 10.9. The monoisotopic (exact) mass is 209 g/mol. The predicted octanol–water partition coefficient (Wildman–Crippen LogP) is 1.21. The zero-order valence-corrected chi connectivity index (χ0v) is 8.41. The van der Waals surface area contributed by atoms with Gasteiger partial charge in [-0.3, -0.25) is 9.53 Å². The highest BCUT2D eigenvalue weighted by Crippen LogP contribution is 2.37. The summed E-state index contributed by atoms with van der Waals surface area (Å²) in [5.74, 6) is -1.25. The molecule has 0 spiro atoms. The van der Waals surface area contributed by atoms with Crippen molar-refractivity contribution in [3.05, 3.63) is 11.5 Å². The first-order valence-corrected chi connectivity index (χ1v) is 4.90. The minimum Gasteiger partial charge on any atom is -0.419 e. The summed E-state index contributed by atoms with van der Waals surface area (Å²) in [6, 6.07) is 1.79. The van der Waals surface area contributed by atoms with E-state index in [1.165, 1.54) is 0 Å². The van der Waals surface area contributed by atoms with Crippen molar-refractivity contribution in [1.82, 2.24) is 0 Å². The molecule has 5 nitrogen and oxygen atoms in total. The number of Topliss-reactive ketones (excluding diaryl/α,β-unsaturated/α-hetero) is 1. The van der Waals surface area contributed by atoms with Gasteiger partial charge in [0.25, 0.3) is 0 Å². The SMILES string of the molecule is CCOC1(C#N)OC2=C(O1)C(=O)CCC2. The number of ketones is 1. The van der Waals surface area contributed by atoms with E-state index in [4.69, 9.17) is 19.5 Å². The minimum absolute atomic E-state index is 0.118. The highest BCUT2D eigenvalue weighted by atomic mass is 16.9. The summed E-state index contributed by atoms with van der Waals surface area (Å²) < 4.78 is 15.5. The average Bonchev–Trinajstić information content (AvgIpc) is 2.59. The van der Waals surface area contributed by atoms with Gasteiger partial charge >= 0.3 is 5.97 Å². The molecule has 0 fully saturated rings. The zero-order valence-electron chi connectivity index (χ0n) is 8.41. The highest BCUT2D eigenvalue weighted by molar-refractivity contribution is 5.95. The molecule has 1 atom stereocenters. The molecule has 0 bridgehead atoms. The molecular weight excluding hydrogens is 198 g/mol. The topological polar surface area (TPSA) is 68.6 Å². The molecule has 1 heterocycles. The van der Waals surface area contributed by atoms with E-state index in [1.54, 1.807) is 13.0 Å². The normalized spacial score (nSPS) is 29.2. The van der Waals surface area contributed by atoms with Crippen molar-refractivity contribution in [1.29, 1.82) is 5.26 Å². The Hall–Kier alpha value is -1.54. The van der Waals surface area contributed by atoms with E-state index in [1.807, 2.05) is 0 Å². The number of hydrogen-bond donors (Lipinski definition) is 0. The van der Waals surface area contributed by atoms with Crippen LogP contribution in [0.5, 0.6) is 0 Å². The summed E-state index contributed by atoms with van der Waals surface area (Å²) in [5, 5.41) is 8.92. The second-order valence-corrected chi connectivity index (χ2v) is 3.33. The largest absolute Gasteiger partial charge is 0.469 e. The molecule has 1 aliphatic carbocycles. The number of allylic oxidation sites excluding steroid dienone is 2. The molecule has 0 saturated carbocycles. The molecule has 0 amide bonds. The smallest absolute Gasteiger partial charge is 0.419 e. The molecule has 1 unspecified atom stereocenters. The second-order valence-electron chi connectivity index (χ2n) is 3.33. The van der Waals surface area contributed by atoms with Gasteiger partial charge in [-0.25, -0.2) is 0 Å². The summed E-state index contributed by atoms with van der Waals surface area (Å²) in [5.41, 5.74) is 0. The highest BCUT2D eigenvalue weighted by Gasteiger charge is 2.48. The maximum atomic E-state index is 11.5. The summed E-state index contributed by atoms with van der Waals surface area (Å²) in [4.78, 5) is 11.5.